The maximum Gasteiger partial charge on any atom is 0.249 e. The first-order valence-corrected chi connectivity index (χ1v) is 8.19. The third-order valence-electron chi connectivity index (χ3n) is 3.57. The molecule has 2 aromatic carbocycles. The number of anilines is 4. The molecule has 7 nitrogen and oxygen atoms in total. The number of aromatic nitrogens is 3. The quantitative estimate of drug-likeness (QED) is 0.667. The van der Waals surface area contributed by atoms with Crippen molar-refractivity contribution in [2.45, 2.75) is 6.92 Å². The van der Waals surface area contributed by atoms with E-state index < -0.39 is 0 Å². The molecule has 134 valence electrons. The lowest BCUT2D eigenvalue weighted by atomic mass is 10.2. The second kappa shape index (κ2) is 7.88. The Hall–Kier alpha value is -3.06. The second-order valence-corrected chi connectivity index (χ2v) is 5.88. The topological polar surface area (TPSA) is 81.2 Å². The number of halogens is 1. The van der Waals surface area contributed by atoms with Gasteiger partial charge in [-0.3, -0.25) is 0 Å². The highest BCUT2D eigenvalue weighted by Crippen LogP contribution is 2.36. The summed E-state index contributed by atoms with van der Waals surface area (Å²) in [6, 6.07) is 11.3. The molecule has 0 saturated heterocycles. The zero-order chi connectivity index (χ0) is 18.5. The van der Waals surface area contributed by atoms with Gasteiger partial charge in [0.1, 0.15) is 11.5 Å². The smallest absolute Gasteiger partial charge is 0.249 e. The van der Waals surface area contributed by atoms with Gasteiger partial charge in [-0.1, -0.05) is 23.7 Å². The number of aryl methyl sites for hydroxylation is 1. The fourth-order valence-corrected chi connectivity index (χ4v) is 2.60. The third-order valence-corrected chi connectivity index (χ3v) is 3.87. The van der Waals surface area contributed by atoms with Gasteiger partial charge in [-0.05, 0) is 24.6 Å². The number of nitrogens with zero attached hydrogens (tertiary/aromatic N) is 3. The van der Waals surface area contributed by atoms with E-state index in [0.717, 1.165) is 11.3 Å². The van der Waals surface area contributed by atoms with Crippen LogP contribution >= 0.6 is 11.6 Å². The Labute approximate surface area is 156 Å². The molecule has 0 bridgehead atoms. The number of rotatable bonds is 6. The highest BCUT2D eigenvalue weighted by Gasteiger charge is 2.12. The summed E-state index contributed by atoms with van der Waals surface area (Å²) in [5, 5.41) is 14.7. The molecule has 1 heterocycles. The summed E-state index contributed by atoms with van der Waals surface area (Å²) in [5.74, 6) is 1.92. The van der Waals surface area contributed by atoms with E-state index in [1.807, 2.05) is 31.2 Å². The Balaban J connectivity index is 1.85. The SMILES string of the molecule is COc1cc(Nc2nncc(Nc3cccc(C)c3)n2)c(OC)cc1Cl. The monoisotopic (exact) mass is 371 g/mol. The van der Waals surface area contributed by atoms with Crippen molar-refractivity contribution >= 4 is 34.7 Å². The lowest BCUT2D eigenvalue weighted by molar-refractivity contribution is 0.405. The molecule has 0 saturated carbocycles. The van der Waals surface area contributed by atoms with Gasteiger partial charge in [0, 0.05) is 17.8 Å². The Morgan fingerprint density at radius 1 is 1.00 bits per heavy atom. The van der Waals surface area contributed by atoms with Crippen LogP contribution in [0.3, 0.4) is 0 Å². The Bertz CT molecular complexity index is 920. The van der Waals surface area contributed by atoms with E-state index in [4.69, 9.17) is 21.1 Å². The van der Waals surface area contributed by atoms with Gasteiger partial charge in [0.2, 0.25) is 5.95 Å². The van der Waals surface area contributed by atoms with Crippen molar-refractivity contribution < 1.29 is 9.47 Å². The summed E-state index contributed by atoms with van der Waals surface area (Å²) in [7, 11) is 3.10. The van der Waals surface area contributed by atoms with Gasteiger partial charge in [0.05, 0.1) is 31.1 Å². The van der Waals surface area contributed by atoms with E-state index in [1.54, 1.807) is 32.5 Å². The highest BCUT2D eigenvalue weighted by molar-refractivity contribution is 6.32. The number of nitrogens with one attached hydrogen (secondary N) is 2. The summed E-state index contributed by atoms with van der Waals surface area (Å²) in [6.07, 6.45) is 1.55. The van der Waals surface area contributed by atoms with Gasteiger partial charge < -0.3 is 20.1 Å². The molecular formula is C18H18ClN5O2. The van der Waals surface area contributed by atoms with Crippen LogP contribution in [0.1, 0.15) is 5.56 Å². The fourth-order valence-electron chi connectivity index (χ4n) is 2.37. The van der Waals surface area contributed by atoms with Gasteiger partial charge in [-0.25, -0.2) is 0 Å². The van der Waals surface area contributed by atoms with Gasteiger partial charge in [0.15, 0.2) is 5.82 Å². The van der Waals surface area contributed by atoms with Crippen LogP contribution in [-0.2, 0) is 0 Å². The van der Waals surface area contributed by atoms with Crippen molar-refractivity contribution in [3.8, 4) is 11.5 Å². The number of ether oxygens (including phenoxy) is 2. The average Bonchev–Trinajstić information content (AvgIpc) is 2.63. The molecule has 0 fully saturated rings. The fraction of sp³-hybridized carbons (Fsp3) is 0.167. The van der Waals surface area contributed by atoms with Crippen LogP contribution in [-0.4, -0.2) is 29.4 Å². The maximum atomic E-state index is 6.13. The predicted molar refractivity (Wildman–Crippen MR) is 102 cm³/mol. The van der Waals surface area contributed by atoms with Crippen LogP contribution in [0.4, 0.5) is 23.1 Å². The van der Waals surface area contributed by atoms with Crippen LogP contribution in [0, 0.1) is 6.92 Å². The molecule has 3 rings (SSSR count). The van der Waals surface area contributed by atoms with Gasteiger partial charge in [0.25, 0.3) is 0 Å². The van der Waals surface area contributed by atoms with Gasteiger partial charge >= 0.3 is 0 Å². The molecule has 0 aliphatic heterocycles. The zero-order valence-electron chi connectivity index (χ0n) is 14.6. The van der Waals surface area contributed by atoms with Crippen LogP contribution in [0.25, 0.3) is 0 Å². The van der Waals surface area contributed by atoms with Crippen molar-refractivity contribution in [3.63, 3.8) is 0 Å². The average molecular weight is 372 g/mol. The van der Waals surface area contributed by atoms with Crippen molar-refractivity contribution in [1.29, 1.82) is 0 Å². The van der Waals surface area contributed by atoms with Crippen LogP contribution in [0.15, 0.2) is 42.6 Å². The molecule has 2 N–H and O–H groups in total. The summed E-state index contributed by atoms with van der Waals surface area (Å²) < 4.78 is 10.6. The molecule has 8 heteroatoms. The molecule has 1 aromatic heterocycles. The van der Waals surface area contributed by atoms with Crippen molar-refractivity contribution in [1.82, 2.24) is 15.2 Å². The largest absolute Gasteiger partial charge is 0.495 e. The first-order chi connectivity index (χ1) is 12.6. The van der Waals surface area contributed by atoms with Crippen LogP contribution in [0.5, 0.6) is 11.5 Å². The molecule has 0 radical (unpaired) electrons. The molecule has 0 aliphatic rings. The van der Waals surface area contributed by atoms with E-state index >= 15 is 0 Å². The molecule has 3 aromatic rings. The van der Waals surface area contributed by atoms with Crippen molar-refractivity contribution in [2.24, 2.45) is 0 Å². The highest BCUT2D eigenvalue weighted by atomic mass is 35.5. The predicted octanol–water partition coefficient (Wildman–Crippen LogP) is 4.34. The van der Waals surface area contributed by atoms with Crippen molar-refractivity contribution in [3.05, 3.63) is 53.2 Å². The Morgan fingerprint density at radius 3 is 2.54 bits per heavy atom. The molecular weight excluding hydrogens is 354 g/mol. The molecule has 26 heavy (non-hydrogen) atoms. The minimum absolute atomic E-state index is 0.310. The van der Waals surface area contributed by atoms with E-state index in [9.17, 15) is 0 Å². The molecule has 0 atom stereocenters. The van der Waals surface area contributed by atoms with Crippen molar-refractivity contribution in [2.75, 3.05) is 24.9 Å². The molecule has 0 spiro atoms. The minimum Gasteiger partial charge on any atom is -0.495 e. The normalized spacial score (nSPS) is 10.3. The van der Waals surface area contributed by atoms with E-state index in [-0.39, 0.29) is 0 Å². The minimum atomic E-state index is 0.310. The number of hydrogen-bond donors (Lipinski definition) is 2. The maximum absolute atomic E-state index is 6.13. The summed E-state index contributed by atoms with van der Waals surface area (Å²) in [5.41, 5.74) is 2.68. The standard InChI is InChI=1S/C18H18ClN5O2/c1-11-5-4-6-12(7-11)21-17-10-20-24-18(23-17)22-14-9-15(25-2)13(19)8-16(14)26-3/h4-10H,1-3H3,(H2,21,22,23,24). The number of hydrogen-bond acceptors (Lipinski definition) is 7. The van der Waals surface area contributed by atoms with E-state index in [0.29, 0.717) is 34.0 Å². The first kappa shape index (κ1) is 17.8. The molecule has 0 amide bonds. The summed E-state index contributed by atoms with van der Waals surface area (Å²) in [4.78, 5) is 4.42. The first-order valence-electron chi connectivity index (χ1n) is 7.81. The molecule has 0 unspecified atom stereocenters. The number of methoxy groups -OCH3 is 2. The molecule has 0 aliphatic carbocycles. The summed E-state index contributed by atoms with van der Waals surface area (Å²) in [6.45, 7) is 2.02. The van der Waals surface area contributed by atoms with E-state index in [1.165, 1.54) is 0 Å². The zero-order valence-corrected chi connectivity index (χ0v) is 15.3. The van der Waals surface area contributed by atoms with Gasteiger partial charge in [-0.2, -0.15) is 10.1 Å². The third kappa shape index (κ3) is 4.12. The summed E-state index contributed by atoms with van der Waals surface area (Å²) >= 11 is 6.13. The van der Waals surface area contributed by atoms with Gasteiger partial charge in [-0.15, -0.1) is 5.10 Å². The van der Waals surface area contributed by atoms with E-state index in [2.05, 4.69) is 25.8 Å². The van der Waals surface area contributed by atoms with Crippen LogP contribution in [0.2, 0.25) is 5.02 Å². The Kier molecular flexibility index (Phi) is 5.38. The number of benzene rings is 2. The van der Waals surface area contributed by atoms with Crippen LogP contribution < -0.4 is 20.1 Å². The Morgan fingerprint density at radius 2 is 1.81 bits per heavy atom. The lowest BCUT2D eigenvalue weighted by Gasteiger charge is -2.13. The lowest BCUT2D eigenvalue weighted by Crippen LogP contribution is -2.04. The second-order valence-electron chi connectivity index (χ2n) is 5.47.